The maximum Gasteiger partial charge on any atom is 0.230 e. The van der Waals surface area contributed by atoms with Crippen LogP contribution in [0.2, 0.25) is 0 Å². The van der Waals surface area contributed by atoms with Gasteiger partial charge in [-0.1, -0.05) is 6.07 Å². The Morgan fingerprint density at radius 1 is 1.04 bits per heavy atom. The summed E-state index contributed by atoms with van der Waals surface area (Å²) in [5.74, 6) is 1.88. The molecule has 2 aromatic heterocycles. The molecule has 0 unspecified atom stereocenters. The number of carbonyl (C=O) groups excluding carboxylic acids is 1. The Kier molecular flexibility index (Phi) is 4.16. The molecule has 3 N–H and O–H groups in total. The van der Waals surface area contributed by atoms with E-state index in [2.05, 4.69) is 21.0 Å². The van der Waals surface area contributed by atoms with Crippen molar-refractivity contribution in [2.24, 2.45) is 5.73 Å². The first-order valence-electron chi connectivity index (χ1n) is 7.18. The van der Waals surface area contributed by atoms with E-state index < -0.39 is 0 Å². The summed E-state index contributed by atoms with van der Waals surface area (Å²) in [5, 5.41) is 3.65. The van der Waals surface area contributed by atoms with Crippen LogP contribution in [0.25, 0.3) is 10.9 Å². The lowest BCUT2D eigenvalue weighted by Gasteiger charge is -2.10. The minimum absolute atomic E-state index is 0.0619. The van der Waals surface area contributed by atoms with Crippen LogP contribution in [0, 0.1) is 0 Å². The van der Waals surface area contributed by atoms with E-state index in [0.717, 1.165) is 16.5 Å². The Morgan fingerprint density at radius 3 is 2.78 bits per heavy atom. The first-order chi connectivity index (χ1) is 11.3. The SMILES string of the molecule is CN.O=C1Cc2c(Oc3cccc4ncccc34)ccnc2N1. The van der Waals surface area contributed by atoms with Crippen LogP contribution < -0.4 is 15.8 Å². The van der Waals surface area contributed by atoms with E-state index in [-0.39, 0.29) is 5.91 Å². The Labute approximate surface area is 133 Å². The lowest BCUT2D eigenvalue weighted by Crippen LogP contribution is -2.04. The molecule has 0 bridgehead atoms. The molecule has 23 heavy (non-hydrogen) atoms. The molecule has 4 rings (SSSR count). The molecule has 6 nitrogen and oxygen atoms in total. The van der Waals surface area contributed by atoms with Gasteiger partial charge in [-0.15, -0.1) is 0 Å². The van der Waals surface area contributed by atoms with Crippen molar-refractivity contribution in [2.45, 2.75) is 6.42 Å². The Bertz CT molecular complexity index is 859. The molecule has 0 radical (unpaired) electrons. The van der Waals surface area contributed by atoms with Crippen LogP contribution >= 0.6 is 0 Å². The van der Waals surface area contributed by atoms with E-state index in [1.165, 1.54) is 7.05 Å². The topological polar surface area (TPSA) is 90.1 Å². The van der Waals surface area contributed by atoms with Crippen molar-refractivity contribution < 1.29 is 9.53 Å². The number of fused-ring (bicyclic) bond motifs is 2. The van der Waals surface area contributed by atoms with Crippen molar-refractivity contribution in [3.63, 3.8) is 0 Å². The number of ether oxygens (including phenoxy) is 1. The maximum atomic E-state index is 11.5. The minimum Gasteiger partial charge on any atom is -0.456 e. The largest absolute Gasteiger partial charge is 0.456 e. The lowest BCUT2D eigenvalue weighted by molar-refractivity contribution is -0.115. The normalized spacial score (nSPS) is 12.2. The van der Waals surface area contributed by atoms with Gasteiger partial charge in [0.05, 0.1) is 11.9 Å². The van der Waals surface area contributed by atoms with Gasteiger partial charge >= 0.3 is 0 Å². The van der Waals surface area contributed by atoms with Crippen LogP contribution in [0.15, 0.2) is 48.8 Å². The van der Waals surface area contributed by atoms with Gasteiger partial charge in [0.2, 0.25) is 5.91 Å². The molecule has 3 aromatic rings. The third kappa shape index (κ3) is 2.84. The fraction of sp³-hybridized carbons (Fsp3) is 0.118. The van der Waals surface area contributed by atoms with Crippen LogP contribution in [0.1, 0.15) is 5.56 Å². The number of nitrogens with two attached hydrogens (primary N) is 1. The lowest BCUT2D eigenvalue weighted by atomic mass is 10.2. The quantitative estimate of drug-likeness (QED) is 0.759. The number of rotatable bonds is 2. The summed E-state index contributed by atoms with van der Waals surface area (Å²) in [5.41, 5.74) is 6.17. The highest BCUT2D eigenvalue weighted by atomic mass is 16.5. The summed E-state index contributed by atoms with van der Waals surface area (Å²) in [4.78, 5) is 20.0. The zero-order valence-corrected chi connectivity index (χ0v) is 12.6. The number of hydrogen-bond donors (Lipinski definition) is 2. The summed E-state index contributed by atoms with van der Waals surface area (Å²) in [6.07, 6.45) is 3.67. The number of carbonyl (C=O) groups is 1. The summed E-state index contributed by atoms with van der Waals surface area (Å²) in [6, 6.07) is 11.3. The minimum atomic E-state index is -0.0619. The van der Waals surface area contributed by atoms with Gasteiger partial charge in [0.15, 0.2) is 0 Å². The fourth-order valence-corrected chi connectivity index (χ4v) is 2.47. The van der Waals surface area contributed by atoms with Crippen molar-refractivity contribution in [1.82, 2.24) is 9.97 Å². The maximum absolute atomic E-state index is 11.5. The molecule has 0 spiro atoms. The number of aromatic nitrogens is 2. The second-order valence-corrected chi connectivity index (χ2v) is 4.79. The molecule has 0 saturated heterocycles. The van der Waals surface area contributed by atoms with Crippen LogP contribution in [0.3, 0.4) is 0 Å². The molecule has 1 aliphatic heterocycles. The number of anilines is 1. The highest BCUT2D eigenvalue weighted by Gasteiger charge is 2.23. The third-order valence-corrected chi connectivity index (χ3v) is 3.43. The van der Waals surface area contributed by atoms with Crippen molar-refractivity contribution in [3.05, 3.63) is 54.4 Å². The molecular weight excluding hydrogens is 292 g/mol. The number of benzene rings is 1. The summed E-state index contributed by atoms with van der Waals surface area (Å²) < 4.78 is 6.01. The number of nitrogens with one attached hydrogen (secondary N) is 1. The molecule has 1 aliphatic rings. The number of pyridine rings is 2. The van der Waals surface area contributed by atoms with Crippen LogP contribution in [-0.4, -0.2) is 22.9 Å². The molecule has 0 atom stereocenters. The van der Waals surface area contributed by atoms with Gasteiger partial charge in [-0.2, -0.15) is 0 Å². The van der Waals surface area contributed by atoms with E-state index in [9.17, 15) is 4.79 Å². The van der Waals surface area contributed by atoms with Gasteiger partial charge in [-0.05, 0) is 37.4 Å². The summed E-state index contributed by atoms with van der Waals surface area (Å²) >= 11 is 0. The molecule has 0 saturated carbocycles. The van der Waals surface area contributed by atoms with E-state index in [0.29, 0.717) is 23.7 Å². The second kappa shape index (κ2) is 6.41. The van der Waals surface area contributed by atoms with Crippen LogP contribution in [0.4, 0.5) is 5.82 Å². The highest BCUT2D eigenvalue weighted by molar-refractivity contribution is 5.98. The van der Waals surface area contributed by atoms with Gasteiger partial charge in [0.25, 0.3) is 0 Å². The van der Waals surface area contributed by atoms with E-state index in [4.69, 9.17) is 4.74 Å². The molecule has 3 heterocycles. The van der Waals surface area contributed by atoms with Gasteiger partial charge in [-0.25, -0.2) is 4.98 Å². The first-order valence-corrected chi connectivity index (χ1v) is 7.18. The number of amides is 1. The molecular formula is C17H16N4O2. The van der Waals surface area contributed by atoms with E-state index in [1.807, 2.05) is 30.3 Å². The summed E-state index contributed by atoms with van der Waals surface area (Å²) in [6.45, 7) is 0. The molecule has 0 aliphatic carbocycles. The standard InChI is InChI=1S/C16H11N3O2.CH5N/c20-15-9-11-14(6-8-18-16(11)19-15)21-13-5-1-4-12-10(13)3-2-7-17-12;1-2/h1-8H,9H2,(H,18,19,20);2H2,1H3. The number of hydrogen-bond acceptors (Lipinski definition) is 5. The van der Waals surface area contributed by atoms with Crippen molar-refractivity contribution in [3.8, 4) is 11.5 Å². The highest BCUT2D eigenvalue weighted by Crippen LogP contribution is 2.35. The second-order valence-electron chi connectivity index (χ2n) is 4.79. The molecule has 6 heteroatoms. The summed E-state index contributed by atoms with van der Waals surface area (Å²) in [7, 11) is 1.50. The smallest absolute Gasteiger partial charge is 0.230 e. The first kappa shape index (κ1) is 14.9. The Morgan fingerprint density at radius 2 is 1.91 bits per heavy atom. The molecule has 1 amide bonds. The zero-order chi connectivity index (χ0) is 16.2. The van der Waals surface area contributed by atoms with Crippen molar-refractivity contribution in [2.75, 3.05) is 12.4 Å². The average molecular weight is 308 g/mol. The van der Waals surface area contributed by atoms with E-state index >= 15 is 0 Å². The molecule has 116 valence electrons. The Balaban J connectivity index is 0.000000753. The fourth-order valence-electron chi connectivity index (χ4n) is 2.47. The van der Waals surface area contributed by atoms with E-state index in [1.54, 1.807) is 18.5 Å². The molecule has 1 aromatic carbocycles. The van der Waals surface area contributed by atoms with Gasteiger partial charge < -0.3 is 15.8 Å². The Hall–Kier alpha value is -2.99. The predicted molar refractivity (Wildman–Crippen MR) is 88.5 cm³/mol. The zero-order valence-electron chi connectivity index (χ0n) is 12.6. The van der Waals surface area contributed by atoms with Gasteiger partial charge in [0.1, 0.15) is 17.3 Å². The average Bonchev–Trinajstić information content (AvgIpc) is 2.98. The monoisotopic (exact) mass is 308 g/mol. The number of nitrogens with zero attached hydrogens (tertiary/aromatic N) is 2. The van der Waals surface area contributed by atoms with Crippen LogP contribution in [-0.2, 0) is 11.2 Å². The predicted octanol–water partition coefficient (Wildman–Crippen LogP) is 2.49. The van der Waals surface area contributed by atoms with Gasteiger partial charge in [-0.3, -0.25) is 9.78 Å². The van der Waals surface area contributed by atoms with Crippen LogP contribution in [0.5, 0.6) is 11.5 Å². The van der Waals surface area contributed by atoms with Crippen molar-refractivity contribution in [1.29, 1.82) is 0 Å². The molecule has 0 fully saturated rings. The van der Waals surface area contributed by atoms with Gasteiger partial charge in [0, 0.05) is 23.3 Å². The third-order valence-electron chi connectivity index (χ3n) is 3.43. The van der Waals surface area contributed by atoms with Crippen molar-refractivity contribution >= 4 is 22.6 Å².